The summed E-state index contributed by atoms with van der Waals surface area (Å²) in [6.07, 6.45) is 2.79. The standard InChI is InChI=1S/C12H22N4O2/c1-3-5-9-10(13)11(16-15-9)12(18)14-7-4-6-8(2)17/h8,17H,3-7,13H2,1-2H3,(H,14,18)(H,15,16). The summed E-state index contributed by atoms with van der Waals surface area (Å²) in [6.45, 7) is 4.28. The summed E-state index contributed by atoms with van der Waals surface area (Å²) in [4.78, 5) is 11.8. The third-order valence-electron chi connectivity index (χ3n) is 2.68. The lowest BCUT2D eigenvalue weighted by Gasteiger charge is -2.05. The summed E-state index contributed by atoms with van der Waals surface area (Å²) in [5.74, 6) is -0.267. The fourth-order valence-corrected chi connectivity index (χ4v) is 1.68. The lowest BCUT2D eigenvalue weighted by atomic mass is 10.2. The van der Waals surface area contributed by atoms with E-state index in [1.54, 1.807) is 6.92 Å². The number of carbonyl (C=O) groups excluding carboxylic acids is 1. The first-order valence-corrected chi connectivity index (χ1v) is 6.35. The minimum absolute atomic E-state index is 0.260. The van der Waals surface area contributed by atoms with E-state index < -0.39 is 0 Å². The Kier molecular flexibility index (Phi) is 5.64. The predicted molar refractivity (Wildman–Crippen MR) is 70.2 cm³/mol. The molecular weight excluding hydrogens is 232 g/mol. The summed E-state index contributed by atoms with van der Waals surface area (Å²) in [7, 11) is 0. The Morgan fingerprint density at radius 3 is 2.94 bits per heavy atom. The van der Waals surface area contributed by atoms with Crippen molar-refractivity contribution < 1.29 is 9.90 Å². The molecule has 1 aromatic rings. The molecule has 1 rings (SSSR count). The molecule has 1 atom stereocenters. The maximum atomic E-state index is 11.8. The van der Waals surface area contributed by atoms with Gasteiger partial charge in [0.05, 0.1) is 17.5 Å². The molecule has 0 saturated carbocycles. The molecule has 0 bridgehead atoms. The number of aliphatic hydroxyl groups excluding tert-OH is 1. The number of aliphatic hydroxyl groups is 1. The number of nitrogen functional groups attached to an aromatic ring is 1. The van der Waals surface area contributed by atoms with E-state index >= 15 is 0 Å². The first-order valence-electron chi connectivity index (χ1n) is 6.35. The van der Waals surface area contributed by atoms with Crippen LogP contribution in [0.5, 0.6) is 0 Å². The van der Waals surface area contributed by atoms with Crippen LogP contribution in [0.4, 0.5) is 5.69 Å². The Bertz CT molecular complexity index is 387. The van der Waals surface area contributed by atoms with Crippen LogP contribution < -0.4 is 11.1 Å². The molecule has 1 aromatic heterocycles. The van der Waals surface area contributed by atoms with Crippen molar-refractivity contribution in [1.82, 2.24) is 15.5 Å². The zero-order valence-corrected chi connectivity index (χ0v) is 11.0. The average molecular weight is 254 g/mol. The van der Waals surface area contributed by atoms with Gasteiger partial charge in [-0.3, -0.25) is 9.89 Å². The number of rotatable bonds is 7. The molecule has 1 unspecified atom stereocenters. The molecule has 0 aromatic carbocycles. The third kappa shape index (κ3) is 4.03. The highest BCUT2D eigenvalue weighted by atomic mass is 16.3. The molecule has 1 amide bonds. The van der Waals surface area contributed by atoms with Crippen LogP contribution in [0.25, 0.3) is 0 Å². The number of nitrogens with zero attached hydrogens (tertiary/aromatic N) is 1. The second-order valence-corrected chi connectivity index (χ2v) is 4.46. The molecule has 0 aliphatic carbocycles. The minimum atomic E-state index is -0.339. The van der Waals surface area contributed by atoms with E-state index in [0.717, 1.165) is 25.0 Å². The number of aryl methyl sites for hydroxylation is 1. The molecule has 102 valence electrons. The van der Waals surface area contributed by atoms with Gasteiger partial charge in [0, 0.05) is 6.54 Å². The van der Waals surface area contributed by atoms with Crippen molar-refractivity contribution in [1.29, 1.82) is 0 Å². The Morgan fingerprint density at radius 1 is 1.61 bits per heavy atom. The molecule has 0 aliphatic heterocycles. The molecule has 1 heterocycles. The third-order valence-corrected chi connectivity index (χ3v) is 2.68. The fourth-order valence-electron chi connectivity index (χ4n) is 1.68. The van der Waals surface area contributed by atoms with Gasteiger partial charge >= 0.3 is 0 Å². The van der Waals surface area contributed by atoms with E-state index in [1.807, 2.05) is 6.92 Å². The lowest BCUT2D eigenvalue weighted by molar-refractivity contribution is 0.0945. The zero-order chi connectivity index (χ0) is 13.5. The number of aromatic nitrogens is 2. The van der Waals surface area contributed by atoms with Gasteiger partial charge in [-0.25, -0.2) is 0 Å². The monoisotopic (exact) mass is 254 g/mol. The smallest absolute Gasteiger partial charge is 0.273 e. The van der Waals surface area contributed by atoms with E-state index in [1.165, 1.54) is 0 Å². The summed E-state index contributed by atoms with van der Waals surface area (Å²) in [5, 5.41) is 18.6. The van der Waals surface area contributed by atoms with Gasteiger partial charge in [0.1, 0.15) is 0 Å². The van der Waals surface area contributed by atoms with Gasteiger partial charge in [-0.2, -0.15) is 5.10 Å². The number of aromatic amines is 1. The number of hydrogen-bond donors (Lipinski definition) is 4. The number of H-pyrrole nitrogens is 1. The topological polar surface area (TPSA) is 104 Å². The van der Waals surface area contributed by atoms with Crippen molar-refractivity contribution in [3.05, 3.63) is 11.4 Å². The van der Waals surface area contributed by atoms with Gasteiger partial charge in [0.15, 0.2) is 5.69 Å². The first-order chi connectivity index (χ1) is 8.56. The van der Waals surface area contributed by atoms with Gasteiger partial charge < -0.3 is 16.2 Å². The zero-order valence-electron chi connectivity index (χ0n) is 11.0. The van der Waals surface area contributed by atoms with Gasteiger partial charge in [0.2, 0.25) is 0 Å². The molecule has 18 heavy (non-hydrogen) atoms. The SMILES string of the molecule is CCCc1[nH]nc(C(=O)NCCCC(C)O)c1N. The second-order valence-electron chi connectivity index (χ2n) is 4.46. The van der Waals surface area contributed by atoms with Crippen molar-refractivity contribution in [2.45, 2.75) is 45.6 Å². The number of nitrogens with one attached hydrogen (secondary N) is 2. The highest BCUT2D eigenvalue weighted by Crippen LogP contribution is 2.15. The quantitative estimate of drug-likeness (QED) is 0.541. The molecule has 0 aliphatic rings. The molecule has 0 fully saturated rings. The summed E-state index contributed by atoms with van der Waals surface area (Å²) < 4.78 is 0. The number of hydrogen-bond acceptors (Lipinski definition) is 4. The number of carbonyl (C=O) groups is 1. The van der Waals surface area contributed by atoms with Crippen molar-refractivity contribution in [3.63, 3.8) is 0 Å². The molecular formula is C12H22N4O2. The van der Waals surface area contributed by atoms with Gasteiger partial charge in [-0.15, -0.1) is 0 Å². The molecule has 6 heteroatoms. The Labute approximate surface area is 107 Å². The Hall–Kier alpha value is -1.56. The van der Waals surface area contributed by atoms with Crippen molar-refractivity contribution in [2.24, 2.45) is 0 Å². The highest BCUT2D eigenvalue weighted by Gasteiger charge is 2.16. The summed E-state index contributed by atoms with van der Waals surface area (Å²) in [6, 6.07) is 0. The van der Waals surface area contributed by atoms with E-state index in [4.69, 9.17) is 10.8 Å². The van der Waals surface area contributed by atoms with Gasteiger partial charge in [-0.1, -0.05) is 13.3 Å². The predicted octanol–water partition coefficient (Wildman–Crippen LogP) is 0.835. The summed E-state index contributed by atoms with van der Waals surface area (Å²) in [5.41, 5.74) is 7.35. The normalized spacial score (nSPS) is 12.4. The van der Waals surface area contributed by atoms with Crippen molar-refractivity contribution in [3.8, 4) is 0 Å². The molecule has 0 saturated heterocycles. The highest BCUT2D eigenvalue weighted by molar-refractivity contribution is 5.97. The van der Waals surface area contributed by atoms with Crippen molar-refractivity contribution in [2.75, 3.05) is 12.3 Å². The summed E-state index contributed by atoms with van der Waals surface area (Å²) >= 11 is 0. The molecule has 0 radical (unpaired) electrons. The number of anilines is 1. The van der Waals surface area contributed by atoms with Crippen molar-refractivity contribution >= 4 is 11.6 Å². The molecule has 6 nitrogen and oxygen atoms in total. The van der Waals surface area contributed by atoms with Crippen LogP contribution in [0, 0.1) is 0 Å². The molecule has 5 N–H and O–H groups in total. The van der Waals surface area contributed by atoms with Gasteiger partial charge in [-0.05, 0) is 26.2 Å². The van der Waals surface area contributed by atoms with E-state index in [9.17, 15) is 4.79 Å². The van der Waals surface area contributed by atoms with Gasteiger partial charge in [0.25, 0.3) is 5.91 Å². The van der Waals surface area contributed by atoms with Crippen LogP contribution in [0.2, 0.25) is 0 Å². The second kappa shape index (κ2) is 7.00. The van der Waals surface area contributed by atoms with Crippen LogP contribution in [0.3, 0.4) is 0 Å². The fraction of sp³-hybridized carbons (Fsp3) is 0.667. The van der Waals surface area contributed by atoms with Crippen LogP contribution in [-0.2, 0) is 6.42 Å². The maximum Gasteiger partial charge on any atom is 0.273 e. The maximum absolute atomic E-state index is 11.8. The van der Waals surface area contributed by atoms with Crippen LogP contribution in [0.1, 0.15) is 49.3 Å². The number of amides is 1. The van der Waals surface area contributed by atoms with E-state index in [-0.39, 0.29) is 17.7 Å². The lowest BCUT2D eigenvalue weighted by Crippen LogP contribution is -2.26. The van der Waals surface area contributed by atoms with E-state index in [0.29, 0.717) is 18.7 Å². The first kappa shape index (κ1) is 14.5. The average Bonchev–Trinajstić information content (AvgIpc) is 2.67. The van der Waals surface area contributed by atoms with Crippen LogP contribution in [-0.4, -0.2) is 33.9 Å². The minimum Gasteiger partial charge on any atom is -0.395 e. The largest absolute Gasteiger partial charge is 0.395 e. The Balaban J connectivity index is 2.46. The van der Waals surface area contributed by atoms with E-state index in [2.05, 4.69) is 15.5 Å². The Morgan fingerprint density at radius 2 is 2.33 bits per heavy atom. The van der Waals surface area contributed by atoms with Crippen LogP contribution >= 0.6 is 0 Å². The number of nitrogens with two attached hydrogens (primary N) is 1. The van der Waals surface area contributed by atoms with Crippen LogP contribution in [0.15, 0.2) is 0 Å². The molecule has 0 spiro atoms.